The van der Waals surface area contributed by atoms with Crippen LogP contribution >= 0.6 is 0 Å². The molecule has 0 aliphatic heterocycles. The highest BCUT2D eigenvalue weighted by Crippen LogP contribution is 2.41. The summed E-state index contributed by atoms with van der Waals surface area (Å²) in [7, 11) is 1.37. The number of alkyl halides is 3. The molecule has 0 atom stereocenters. The number of methoxy groups -OCH3 is 1. The van der Waals surface area contributed by atoms with Gasteiger partial charge in [-0.25, -0.2) is 4.98 Å². The number of nitrogens with zero attached hydrogens (tertiary/aromatic N) is 2. The molecule has 0 N–H and O–H groups in total. The van der Waals surface area contributed by atoms with Gasteiger partial charge in [0.25, 0.3) is 0 Å². The summed E-state index contributed by atoms with van der Waals surface area (Å²) in [4.78, 5) is 4.29. The first-order chi connectivity index (χ1) is 11.5. The molecule has 0 amide bonds. The number of hydrogen-bond donors (Lipinski definition) is 0. The van der Waals surface area contributed by atoms with Gasteiger partial charge in [0, 0.05) is 10.9 Å². The summed E-state index contributed by atoms with van der Waals surface area (Å²) in [5, 5.41) is 9.23. The second kappa shape index (κ2) is 5.85. The number of benzene rings is 2. The number of rotatable bonds is 2. The van der Waals surface area contributed by atoms with E-state index in [1.807, 2.05) is 0 Å². The van der Waals surface area contributed by atoms with Gasteiger partial charge in [-0.15, -0.1) is 0 Å². The largest absolute Gasteiger partial charge is 0.497 e. The molecule has 0 saturated carbocycles. The number of pyridine rings is 1. The van der Waals surface area contributed by atoms with Gasteiger partial charge in [-0.2, -0.15) is 18.4 Å². The predicted molar refractivity (Wildman–Crippen MR) is 83.4 cm³/mol. The zero-order valence-electron chi connectivity index (χ0n) is 12.6. The fourth-order valence-electron chi connectivity index (χ4n) is 2.58. The molecule has 24 heavy (non-hydrogen) atoms. The first-order valence-electron chi connectivity index (χ1n) is 7.00. The van der Waals surface area contributed by atoms with Gasteiger partial charge in [-0.05, 0) is 18.2 Å². The van der Waals surface area contributed by atoms with Gasteiger partial charge in [-0.1, -0.05) is 30.3 Å². The van der Waals surface area contributed by atoms with E-state index in [4.69, 9.17) is 4.74 Å². The lowest BCUT2D eigenvalue weighted by atomic mass is 9.97. The van der Waals surface area contributed by atoms with Gasteiger partial charge in [0.15, 0.2) is 0 Å². The summed E-state index contributed by atoms with van der Waals surface area (Å²) in [6, 6.07) is 14.3. The average molecular weight is 328 g/mol. The van der Waals surface area contributed by atoms with Crippen molar-refractivity contribution in [3.63, 3.8) is 0 Å². The van der Waals surface area contributed by atoms with E-state index in [-0.39, 0.29) is 22.3 Å². The quantitative estimate of drug-likeness (QED) is 0.679. The molecule has 0 spiro atoms. The normalized spacial score (nSPS) is 11.3. The van der Waals surface area contributed by atoms with Crippen LogP contribution in [0.1, 0.15) is 11.1 Å². The topological polar surface area (TPSA) is 45.9 Å². The smallest absolute Gasteiger partial charge is 0.418 e. The van der Waals surface area contributed by atoms with Crippen molar-refractivity contribution in [3.8, 4) is 23.1 Å². The minimum atomic E-state index is -4.69. The van der Waals surface area contributed by atoms with Crippen molar-refractivity contribution in [2.45, 2.75) is 6.18 Å². The summed E-state index contributed by atoms with van der Waals surface area (Å²) >= 11 is 0. The number of fused-ring (bicyclic) bond motifs is 1. The van der Waals surface area contributed by atoms with Crippen LogP contribution in [-0.4, -0.2) is 12.1 Å². The zero-order valence-corrected chi connectivity index (χ0v) is 12.6. The van der Waals surface area contributed by atoms with Gasteiger partial charge in [-0.3, -0.25) is 0 Å². The lowest BCUT2D eigenvalue weighted by Gasteiger charge is -2.16. The first kappa shape index (κ1) is 15.8. The Kier molecular flexibility index (Phi) is 3.86. The predicted octanol–water partition coefficient (Wildman–Crippen LogP) is 4.80. The average Bonchev–Trinajstić information content (AvgIpc) is 2.59. The molecule has 120 valence electrons. The Balaban J connectivity index is 2.46. The number of ether oxygens (including phenoxy) is 1. The molecule has 0 saturated heterocycles. The summed E-state index contributed by atoms with van der Waals surface area (Å²) in [5.41, 5.74) is -0.858. The van der Waals surface area contributed by atoms with E-state index in [1.54, 1.807) is 36.4 Å². The number of aromatic nitrogens is 1. The number of halogens is 3. The molecule has 0 aliphatic rings. The third-order valence-electron chi connectivity index (χ3n) is 3.63. The van der Waals surface area contributed by atoms with E-state index < -0.39 is 17.3 Å². The second-order valence-electron chi connectivity index (χ2n) is 5.07. The number of hydrogen-bond acceptors (Lipinski definition) is 3. The molecular weight excluding hydrogens is 317 g/mol. The molecule has 0 aliphatic carbocycles. The first-order valence-corrected chi connectivity index (χ1v) is 7.00. The molecule has 1 heterocycles. The van der Waals surface area contributed by atoms with Gasteiger partial charge in [0.2, 0.25) is 0 Å². The van der Waals surface area contributed by atoms with E-state index in [1.165, 1.54) is 25.3 Å². The lowest BCUT2D eigenvalue weighted by molar-refractivity contribution is -0.136. The van der Waals surface area contributed by atoms with Crippen molar-refractivity contribution in [3.05, 3.63) is 59.7 Å². The summed E-state index contributed by atoms with van der Waals surface area (Å²) in [5.74, 6) is 0.270. The molecule has 6 heteroatoms. The Morgan fingerprint density at radius 2 is 1.79 bits per heavy atom. The molecule has 0 bridgehead atoms. The molecule has 2 aromatic carbocycles. The van der Waals surface area contributed by atoms with Crippen molar-refractivity contribution in [2.75, 3.05) is 7.11 Å². The lowest BCUT2D eigenvalue weighted by Crippen LogP contribution is -2.11. The monoisotopic (exact) mass is 328 g/mol. The van der Waals surface area contributed by atoms with Crippen LogP contribution in [0.3, 0.4) is 0 Å². The Morgan fingerprint density at radius 3 is 2.38 bits per heavy atom. The fourth-order valence-corrected chi connectivity index (χ4v) is 2.58. The molecule has 3 nitrogen and oxygen atoms in total. The van der Waals surface area contributed by atoms with E-state index in [2.05, 4.69) is 4.98 Å². The van der Waals surface area contributed by atoms with Gasteiger partial charge < -0.3 is 4.74 Å². The summed E-state index contributed by atoms with van der Waals surface area (Å²) in [6.45, 7) is 0. The van der Waals surface area contributed by atoms with Crippen LogP contribution in [0, 0.1) is 11.3 Å². The Bertz CT molecular complexity index is 944. The van der Waals surface area contributed by atoms with E-state index >= 15 is 0 Å². The zero-order chi connectivity index (χ0) is 17.3. The molecular formula is C18H11F3N2O. The minimum Gasteiger partial charge on any atom is -0.497 e. The Morgan fingerprint density at radius 1 is 1.08 bits per heavy atom. The third-order valence-corrected chi connectivity index (χ3v) is 3.63. The Labute approximate surface area is 135 Å². The maximum Gasteiger partial charge on any atom is 0.418 e. The van der Waals surface area contributed by atoms with Crippen LogP contribution in [0.5, 0.6) is 5.75 Å². The number of nitriles is 1. The molecule has 0 fully saturated rings. The van der Waals surface area contributed by atoms with Crippen LogP contribution < -0.4 is 4.74 Å². The molecule has 3 rings (SSSR count). The minimum absolute atomic E-state index is 0.0168. The molecule has 0 radical (unpaired) electrons. The van der Waals surface area contributed by atoms with Crippen molar-refractivity contribution in [1.82, 2.24) is 4.98 Å². The SMILES string of the molecule is COc1ccc2nc(-c3ccccc3)c(C#N)c(C(F)(F)F)c2c1. The van der Waals surface area contributed by atoms with Crippen LogP contribution in [0.4, 0.5) is 13.2 Å². The highest BCUT2D eigenvalue weighted by Gasteiger charge is 2.38. The van der Waals surface area contributed by atoms with Crippen molar-refractivity contribution in [1.29, 1.82) is 5.26 Å². The van der Waals surface area contributed by atoms with Crippen LogP contribution in [0.2, 0.25) is 0 Å². The maximum absolute atomic E-state index is 13.7. The summed E-state index contributed by atoms with van der Waals surface area (Å²) in [6.07, 6.45) is -4.69. The van der Waals surface area contributed by atoms with E-state index in [0.29, 0.717) is 5.56 Å². The molecule has 1 aromatic heterocycles. The van der Waals surface area contributed by atoms with Gasteiger partial charge >= 0.3 is 6.18 Å². The fraction of sp³-hybridized carbons (Fsp3) is 0.111. The van der Waals surface area contributed by atoms with Crippen LogP contribution in [-0.2, 0) is 6.18 Å². The Hall–Kier alpha value is -3.07. The molecule has 0 unspecified atom stereocenters. The maximum atomic E-state index is 13.7. The van der Waals surface area contributed by atoms with E-state index in [0.717, 1.165) is 0 Å². The summed E-state index contributed by atoms with van der Waals surface area (Å²) < 4.78 is 46.0. The second-order valence-corrected chi connectivity index (χ2v) is 5.07. The van der Waals surface area contributed by atoms with Crippen molar-refractivity contribution in [2.24, 2.45) is 0 Å². The van der Waals surface area contributed by atoms with Crippen molar-refractivity contribution < 1.29 is 17.9 Å². The highest BCUT2D eigenvalue weighted by atomic mass is 19.4. The van der Waals surface area contributed by atoms with Crippen LogP contribution in [0.25, 0.3) is 22.2 Å². The highest BCUT2D eigenvalue weighted by molar-refractivity contribution is 5.90. The van der Waals surface area contributed by atoms with Crippen molar-refractivity contribution >= 4 is 10.9 Å². The van der Waals surface area contributed by atoms with Gasteiger partial charge in [0.1, 0.15) is 11.8 Å². The van der Waals surface area contributed by atoms with Crippen LogP contribution in [0.15, 0.2) is 48.5 Å². The molecule has 3 aromatic rings. The third kappa shape index (κ3) is 2.65. The van der Waals surface area contributed by atoms with E-state index in [9.17, 15) is 18.4 Å². The standard InChI is InChI=1S/C18H11F3N2O/c1-24-12-7-8-15-13(9-12)16(18(19,20)21)14(10-22)17(23-15)11-5-3-2-4-6-11/h2-9H,1H3. The van der Waals surface area contributed by atoms with Gasteiger partial charge in [0.05, 0.1) is 29.4 Å².